The number of aromatic nitrogens is 2. The zero-order valence-corrected chi connectivity index (χ0v) is 6.75. The molecule has 0 atom stereocenters. The van der Waals surface area contributed by atoms with Crippen molar-refractivity contribution in [2.24, 2.45) is 0 Å². The van der Waals surface area contributed by atoms with Crippen LogP contribution in [0.2, 0.25) is 0 Å². The van der Waals surface area contributed by atoms with Gasteiger partial charge in [-0.05, 0) is 13.5 Å². The molecule has 0 spiro atoms. The van der Waals surface area contributed by atoms with Crippen molar-refractivity contribution in [1.29, 1.82) is 0 Å². The normalized spacial score (nSPS) is 18.4. The first-order chi connectivity index (χ1) is 5.27. The van der Waals surface area contributed by atoms with Gasteiger partial charge in [0.25, 0.3) is 0 Å². The average molecular weight is 150 g/mol. The predicted octanol–water partition coefficient (Wildman–Crippen LogP) is 0.799. The van der Waals surface area contributed by atoms with E-state index >= 15 is 0 Å². The molecule has 0 saturated heterocycles. The van der Waals surface area contributed by atoms with Gasteiger partial charge in [0, 0.05) is 25.0 Å². The fourth-order valence-corrected chi connectivity index (χ4v) is 1.50. The molecule has 0 radical (unpaired) electrons. The van der Waals surface area contributed by atoms with Crippen LogP contribution >= 0.6 is 0 Å². The second-order valence-electron chi connectivity index (χ2n) is 3.00. The van der Waals surface area contributed by atoms with E-state index in [0.717, 1.165) is 25.5 Å². The molecule has 1 aromatic rings. The molecule has 60 valence electrons. The summed E-state index contributed by atoms with van der Waals surface area (Å²) in [5, 5.41) is 0. The van der Waals surface area contributed by atoms with Gasteiger partial charge < -0.3 is 9.47 Å². The summed E-state index contributed by atoms with van der Waals surface area (Å²) < 4.78 is 2.25. The molecule has 3 heteroatoms. The van der Waals surface area contributed by atoms with Gasteiger partial charge in [0.1, 0.15) is 5.82 Å². The van der Waals surface area contributed by atoms with E-state index < -0.39 is 0 Å². The first-order valence-electron chi connectivity index (χ1n) is 3.84. The summed E-state index contributed by atoms with van der Waals surface area (Å²) in [5.41, 5.74) is 1.28. The van der Waals surface area contributed by atoms with Crippen LogP contribution in [0, 0.1) is 14.0 Å². The topological polar surface area (TPSA) is 21.1 Å². The largest absolute Gasteiger partial charge is 0.453 e. The lowest BCUT2D eigenvalue weighted by molar-refractivity contribution is 0.296. The van der Waals surface area contributed by atoms with E-state index in [4.69, 9.17) is 0 Å². The zero-order valence-electron chi connectivity index (χ0n) is 6.75. The maximum atomic E-state index is 4.24. The number of nitrogens with zero attached hydrogens (tertiary/aromatic N) is 3. The number of imidazole rings is 1. The Morgan fingerprint density at radius 3 is 3.18 bits per heavy atom. The number of fused-ring (bicyclic) bond motifs is 1. The van der Waals surface area contributed by atoms with Crippen LogP contribution in [0.15, 0.2) is 6.20 Å². The third kappa shape index (κ3) is 1.05. The third-order valence-corrected chi connectivity index (χ3v) is 2.16. The highest BCUT2D eigenvalue weighted by molar-refractivity contribution is 5.06. The van der Waals surface area contributed by atoms with Gasteiger partial charge in [-0.2, -0.15) is 0 Å². The lowest BCUT2D eigenvalue weighted by Crippen LogP contribution is -2.28. The number of hydrogen-bond donors (Lipinski definition) is 0. The minimum absolute atomic E-state index is 0.931. The molecule has 0 amide bonds. The van der Waals surface area contributed by atoms with E-state index in [0.29, 0.717) is 0 Å². The van der Waals surface area contributed by atoms with Crippen molar-refractivity contribution in [3.63, 3.8) is 0 Å². The quantitative estimate of drug-likeness (QED) is 0.510. The maximum absolute atomic E-state index is 4.24. The minimum Gasteiger partial charge on any atom is -0.453 e. The summed E-state index contributed by atoms with van der Waals surface area (Å²) in [7, 11) is 3.90. The molecule has 2 rings (SSSR count). The second kappa shape index (κ2) is 2.34. The van der Waals surface area contributed by atoms with Crippen LogP contribution in [0.4, 0.5) is 0 Å². The highest BCUT2D eigenvalue weighted by Gasteiger charge is 2.10. The predicted molar refractivity (Wildman–Crippen MR) is 42.7 cm³/mol. The maximum Gasteiger partial charge on any atom is 0.105 e. The van der Waals surface area contributed by atoms with Gasteiger partial charge in [-0.15, -0.1) is 0 Å². The van der Waals surface area contributed by atoms with Gasteiger partial charge in [0.05, 0.1) is 0 Å². The van der Waals surface area contributed by atoms with E-state index in [1.807, 2.05) is 13.1 Å². The van der Waals surface area contributed by atoms with Crippen molar-refractivity contribution in [3.05, 3.63) is 24.8 Å². The fourth-order valence-electron chi connectivity index (χ4n) is 1.50. The standard InChI is InChI=1S/C8H12N3/c1-7-9-5-8-6-10(2)3-4-11(7)8/h5H,2-4,6H2,1H3/q-1. The molecule has 1 aliphatic heterocycles. The Kier molecular flexibility index (Phi) is 1.46. The van der Waals surface area contributed by atoms with Crippen molar-refractivity contribution < 1.29 is 0 Å². The number of aryl methyl sites for hydroxylation is 1. The fraction of sp³-hybridized carbons (Fsp3) is 0.500. The SMILES string of the molecule is [CH2-]N1CCn2c(cnc2C)C1. The first-order valence-corrected chi connectivity index (χ1v) is 3.84. The van der Waals surface area contributed by atoms with E-state index in [-0.39, 0.29) is 0 Å². The van der Waals surface area contributed by atoms with Crippen LogP contribution in [-0.2, 0) is 13.1 Å². The van der Waals surface area contributed by atoms with Crippen LogP contribution in [0.25, 0.3) is 0 Å². The molecular formula is C8H12N3-. The minimum atomic E-state index is 0.931. The Morgan fingerprint density at radius 2 is 2.36 bits per heavy atom. The number of rotatable bonds is 0. The van der Waals surface area contributed by atoms with Crippen molar-refractivity contribution >= 4 is 0 Å². The summed E-state index contributed by atoms with van der Waals surface area (Å²) in [4.78, 5) is 6.31. The molecule has 1 aromatic heterocycles. The Balaban J connectivity index is 2.36. The van der Waals surface area contributed by atoms with Crippen LogP contribution in [0.5, 0.6) is 0 Å². The molecule has 0 aliphatic carbocycles. The molecule has 2 heterocycles. The van der Waals surface area contributed by atoms with Gasteiger partial charge >= 0.3 is 0 Å². The molecule has 3 nitrogen and oxygen atoms in total. The van der Waals surface area contributed by atoms with Gasteiger partial charge in [-0.25, -0.2) is 4.98 Å². The van der Waals surface area contributed by atoms with Gasteiger partial charge in [-0.1, -0.05) is 0 Å². The molecule has 0 aromatic carbocycles. The van der Waals surface area contributed by atoms with Crippen LogP contribution in [0.3, 0.4) is 0 Å². The molecule has 0 bridgehead atoms. The zero-order chi connectivity index (χ0) is 7.84. The molecule has 1 aliphatic rings. The van der Waals surface area contributed by atoms with Crippen LogP contribution in [0.1, 0.15) is 11.5 Å². The van der Waals surface area contributed by atoms with Crippen molar-refractivity contribution in [2.45, 2.75) is 20.0 Å². The lowest BCUT2D eigenvalue weighted by Gasteiger charge is -2.30. The summed E-state index contributed by atoms with van der Waals surface area (Å²) in [5.74, 6) is 1.12. The van der Waals surface area contributed by atoms with E-state index in [2.05, 4.69) is 21.5 Å². The van der Waals surface area contributed by atoms with Crippen molar-refractivity contribution in [2.75, 3.05) is 6.54 Å². The highest BCUT2D eigenvalue weighted by Crippen LogP contribution is 2.12. The van der Waals surface area contributed by atoms with Crippen LogP contribution in [-0.4, -0.2) is 21.0 Å². The molecule has 0 saturated carbocycles. The molecule has 0 N–H and O–H groups in total. The molecular weight excluding hydrogens is 138 g/mol. The average Bonchev–Trinajstić information content (AvgIpc) is 2.32. The van der Waals surface area contributed by atoms with Gasteiger partial charge in [-0.3, -0.25) is 7.05 Å². The molecule has 0 fully saturated rings. The van der Waals surface area contributed by atoms with Gasteiger partial charge in [0.15, 0.2) is 0 Å². The Morgan fingerprint density at radius 1 is 1.55 bits per heavy atom. The second-order valence-corrected chi connectivity index (χ2v) is 3.00. The summed E-state index contributed by atoms with van der Waals surface area (Å²) in [6.45, 7) is 5.04. The lowest BCUT2D eigenvalue weighted by atomic mass is 10.3. The van der Waals surface area contributed by atoms with Crippen molar-refractivity contribution in [3.8, 4) is 0 Å². The van der Waals surface area contributed by atoms with Crippen molar-refractivity contribution in [1.82, 2.24) is 14.5 Å². The molecule has 0 unspecified atom stereocenters. The Hall–Kier alpha value is -0.830. The first kappa shape index (κ1) is 6.85. The highest BCUT2D eigenvalue weighted by atomic mass is 15.2. The summed E-state index contributed by atoms with van der Waals surface area (Å²) in [6, 6.07) is 0. The van der Waals surface area contributed by atoms with Gasteiger partial charge in [0.2, 0.25) is 0 Å². The van der Waals surface area contributed by atoms with E-state index in [1.165, 1.54) is 5.69 Å². The Bertz CT molecular complexity index is 264. The summed E-state index contributed by atoms with van der Waals surface area (Å²) in [6.07, 6.45) is 1.94. The third-order valence-electron chi connectivity index (χ3n) is 2.16. The number of hydrogen-bond acceptors (Lipinski definition) is 2. The Labute approximate surface area is 66.6 Å². The van der Waals surface area contributed by atoms with E-state index in [9.17, 15) is 0 Å². The smallest absolute Gasteiger partial charge is 0.105 e. The van der Waals surface area contributed by atoms with Crippen LogP contribution < -0.4 is 0 Å². The monoisotopic (exact) mass is 150 g/mol. The van der Waals surface area contributed by atoms with E-state index in [1.54, 1.807) is 0 Å². The molecule has 11 heavy (non-hydrogen) atoms. The summed E-state index contributed by atoms with van der Waals surface area (Å²) >= 11 is 0.